The third-order valence-electron chi connectivity index (χ3n) is 4.90. The average molecular weight is 366 g/mol. The maximum absolute atomic E-state index is 12.9. The second-order valence-electron chi connectivity index (χ2n) is 6.85. The number of likely N-dealkylation sites (tertiary alicyclic amines) is 1. The summed E-state index contributed by atoms with van der Waals surface area (Å²) in [5, 5.41) is 2.07. The van der Waals surface area contributed by atoms with Crippen molar-refractivity contribution in [1.29, 1.82) is 0 Å². The summed E-state index contributed by atoms with van der Waals surface area (Å²) in [5.41, 5.74) is 4.80. The van der Waals surface area contributed by atoms with Crippen LogP contribution in [0.25, 0.3) is 0 Å². The number of aromatic nitrogens is 3. The normalized spacial score (nSPS) is 17.4. The largest absolute Gasteiger partial charge is 0.338 e. The highest BCUT2D eigenvalue weighted by atomic mass is 32.1. The van der Waals surface area contributed by atoms with Crippen molar-refractivity contribution in [2.75, 3.05) is 13.1 Å². The van der Waals surface area contributed by atoms with E-state index in [4.69, 9.17) is 0 Å². The lowest BCUT2D eigenvalue weighted by molar-refractivity contribution is 0.0703. The molecule has 3 heterocycles. The average Bonchev–Trinajstić information content (AvgIpc) is 3.34. The van der Waals surface area contributed by atoms with E-state index in [2.05, 4.69) is 19.9 Å². The number of rotatable bonds is 4. The Kier molecular flexibility index (Phi) is 4.84. The predicted octanol–water partition coefficient (Wildman–Crippen LogP) is 3.72. The Labute approximate surface area is 157 Å². The molecule has 0 radical (unpaired) electrons. The predicted molar refractivity (Wildman–Crippen MR) is 103 cm³/mol. The van der Waals surface area contributed by atoms with Crippen LogP contribution in [-0.2, 0) is 6.54 Å². The molecule has 1 atom stereocenters. The van der Waals surface area contributed by atoms with E-state index >= 15 is 0 Å². The first-order valence-corrected chi connectivity index (χ1v) is 9.89. The van der Waals surface area contributed by atoms with Gasteiger partial charge >= 0.3 is 0 Å². The number of hydrogen-bond donors (Lipinski definition) is 0. The number of carbonyl (C=O) groups is 1. The minimum absolute atomic E-state index is 0.121. The molecule has 5 nitrogen and oxygen atoms in total. The highest BCUT2D eigenvalue weighted by Gasteiger charge is 2.28. The van der Waals surface area contributed by atoms with E-state index in [1.54, 1.807) is 11.3 Å². The number of piperidine rings is 1. The van der Waals surface area contributed by atoms with Crippen molar-refractivity contribution in [2.45, 2.75) is 32.2 Å². The van der Waals surface area contributed by atoms with Gasteiger partial charge in [0.15, 0.2) is 0 Å². The molecule has 2 aromatic heterocycles. The standard InChI is InChI=1S/C20H22N4OS/c1-15-4-2-5-16(10-15)20(25)24-8-3-6-17(11-24)19-21-7-9-23(19)12-18-13-26-14-22-18/h2,4-5,7,9-10,13-14,17H,3,6,8,11-12H2,1H3/t17-/m1/s1. The van der Waals surface area contributed by atoms with Crippen molar-refractivity contribution in [1.82, 2.24) is 19.4 Å². The lowest BCUT2D eigenvalue weighted by Crippen LogP contribution is -2.39. The van der Waals surface area contributed by atoms with Crippen molar-refractivity contribution < 1.29 is 4.79 Å². The van der Waals surface area contributed by atoms with E-state index in [9.17, 15) is 4.79 Å². The molecule has 1 aliphatic rings. The van der Waals surface area contributed by atoms with Gasteiger partial charge in [-0.3, -0.25) is 4.79 Å². The van der Waals surface area contributed by atoms with Gasteiger partial charge in [-0.25, -0.2) is 9.97 Å². The molecule has 0 aliphatic carbocycles. The van der Waals surface area contributed by atoms with Crippen molar-refractivity contribution in [3.63, 3.8) is 0 Å². The summed E-state index contributed by atoms with van der Waals surface area (Å²) in [5.74, 6) is 1.45. The molecule has 3 aromatic rings. The van der Waals surface area contributed by atoms with Crippen molar-refractivity contribution in [3.05, 3.63) is 70.2 Å². The summed E-state index contributed by atoms with van der Waals surface area (Å²) in [7, 11) is 0. The van der Waals surface area contributed by atoms with Crippen LogP contribution in [0.4, 0.5) is 0 Å². The van der Waals surface area contributed by atoms with Gasteiger partial charge in [-0.05, 0) is 31.9 Å². The highest BCUT2D eigenvalue weighted by molar-refractivity contribution is 7.07. The summed E-state index contributed by atoms with van der Waals surface area (Å²) < 4.78 is 2.17. The van der Waals surface area contributed by atoms with Crippen LogP contribution in [0.1, 0.15) is 46.2 Å². The van der Waals surface area contributed by atoms with Crippen LogP contribution in [0.2, 0.25) is 0 Å². The molecule has 1 aromatic carbocycles. The molecule has 0 bridgehead atoms. The Balaban J connectivity index is 1.51. The quantitative estimate of drug-likeness (QED) is 0.707. The molecule has 1 aliphatic heterocycles. The van der Waals surface area contributed by atoms with Crippen LogP contribution >= 0.6 is 11.3 Å². The van der Waals surface area contributed by atoms with Gasteiger partial charge in [-0.2, -0.15) is 0 Å². The second kappa shape index (κ2) is 7.41. The van der Waals surface area contributed by atoms with Gasteiger partial charge in [0.1, 0.15) is 5.82 Å². The van der Waals surface area contributed by atoms with E-state index in [0.717, 1.165) is 55.1 Å². The number of carbonyl (C=O) groups excluding carboxylic acids is 1. The zero-order valence-corrected chi connectivity index (χ0v) is 15.7. The maximum atomic E-state index is 12.9. The first-order chi connectivity index (χ1) is 12.7. The summed E-state index contributed by atoms with van der Waals surface area (Å²) in [6.07, 6.45) is 5.93. The van der Waals surface area contributed by atoms with E-state index in [0.29, 0.717) is 0 Å². The van der Waals surface area contributed by atoms with Crippen LogP contribution in [0.15, 0.2) is 47.5 Å². The Bertz CT molecular complexity index is 887. The molecular weight excluding hydrogens is 344 g/mol. The fraction of sp³-hybridized carbons (Fsp3) is 0.350. The Morgan fingerprint density at radius 1 is 1.35 bits per heavy atom. The molecule has 6 heteroatoms. The van der Waals surface area contributed by atoms with Gasteiger partial charge in [0, 0.05) is 42.3 Å². The first kappa shape index (κ1) is 17.0. The summed E-state index contributed by atoms with van der Waals surface area (Å²) in [6.45, 7) is 4.29. The Hall–Kier alpha value is -2.47. The van der Waals surface area contributed by atoms with Gasteiger partial charge in [0.25, 0.3) is 5.91 Å². The molecule has 1 fully saturated rings. The van der Waals surface area contributed by atoms with Crippen molar-refractivity contribution in [2.24, 2.45) is 0 Å². The van der Waals surface area contributed by atoms with Gasteiger partial charge in [0.2, 0.25) is 0 Å². The number of hydrogen-bond acceptors (Lipinski definition) is 4. The molecule has 134 valence electrons. The van der Waals surface area contributed by atoms with Crippen molar-refractivity contribution in [3.8, 4) is 0 Å². The zero-order valence-electron chi connectivity index (χ0n) is 14.8. The van der Waals surface area contributed by atoms with E-state index in [-0.39, 0.29) is 11.8 Å². The van der Waals surface area contributed by atoms with E-state index in [1.807, 2.05) is 54.0 Å². The molecule has 1 saturated heterocycles. The van der Waals surface area contributed by atoms with Gasteiger partial charge < -0.3 is 9.47 Å². The van der Waals surface area contributed by atoms with Crippen LogP contribution in [0.5, 0.6) is 0 Å². The monoisotopic (exact) mass is 366 g/mol. The molecule has 1 amide bonds. The third-order valence-corrected chi connectivity index (χ3v) is 5.54. The molecule has 0 unspecified atom stereocenters. The Morgan fingerprint density at radius 3 is 3.08 bits per heavy atom. The number of imidazole rings is 1. The van der Waals surface area contributed by atoms with Crippen LogP contribution in [0, 0.1) is 6.92 Å². The number of nitrogens with zero attached hydrogens (tertiary/aromatic N) is 4. The fourth-order valence-electron chi connectivity index (χ4n) is 3.64. The summed E-state index contributed by atoms with van der Waals surface area (Å²) in [6, 6.07) is 7.84. The van der Waals surface area contributed by atoms with E-state index < -0.39 is 0 Å². The number of aryl methyl sites for hydroxylation is 1. The van der Waals surface area contributed by atoms with Gasteiger partial charge in [-0.15, -0.1) is 11.3 Å². The number of benzene rings is 1. The molecule has 0 N–H and O–H groups in total. The molecule has 4 rings (SSSR count). The number of thiazole rings is 1. The third kappa shape index (κ3) is 3.55. The lowest BCUT2D eigenvalue weighted by atomic mass is 9.96. The summed E-state index contributed by atoms with van der Waals surface area (Å²) in [4.78, 5) is 23.9. The molecular formula is C20H22N4OS. The molecule has 26 heavy (non-hydrogen) atoms. The maximum Gasteiger partial charge on any atom is 0.253 e. The highest BCUT2D eigenvalue weighted by Crippen LogP contribution is 2.27. The zero-order chi connectivity index (χ0) is 17.9. The van der Waals surface area contributed by atoms with Crippen LogP contribution in [0.3, 0.4) is 0 Å². The molecule has 0 spiro atoms. The van der Waals surface area contributed by atoms with Crippen LogP contribution in [-0.4, -0.2) is 38.4 Å². The lowest BCUT2D eigenvalue weighted by Gasteiger charge is -2.32. The van der Waals surface area contributed by atoms with Crippen LogP contribution < -0.4 is 0 Å². The second-order valence-corrected chi connectivity index (χ2v) is 7.57. The SMILES string of the molecule is Cc1cccc(C(=O)N2CCC[C@@H](c3nccn3Cc3cscn3)C2)c1. The minimum Gasteiger partial charge on any atom is -0.338 e. The minimum atomic E-state index is 0.121. The smallest absolute Gasteiger partial charge is 0.253 e. The van der Waals surface area contributed by atoms with Gasteiger partial charge in [-0.1, -0.05) is 17.7 Å². The topological polar surface area (TPSA) is 51.0 Å². The first-order valence-electron chi connectivity index (χ1n) is 8.95. The fourth-order valence-corrected chi connectivity index (χ4v) is 4.19. The Morgan fingerprint density at radius 2 is 2.27 bits per heavy atom. The van der Waals surface area contributed by atoms with Crippen molar-refractivity contribution >= 4 is 17.2 Å². The number of amides is 1. The van der Waals surface area contributed by atoms with E-state index in [1.165, 1.54) is 0 Å². The summed E-state index contributed by atoms with van der Waals surface area (Å²) >= 11 is 1.61. The van der Waals surface area contributed by atoms with Gasteiger partial charge in [0.05, 0.1) is 17.7 Å². The molecule has 0 saturated carbocycles.